The predicted molar refractivity (Wildman–Crippen MR) is 98.5 cm³/mol. The number of nitrogens with zero attached hydrogens (tertiary/aromatic N) is 4. The van der Waals surface area contributed by atoms with Crippen molar-refractivity contribution in [2.45, 2.75) is 53.1 Å². The highest BCUT2D eigenvalue weighted by molar-refractivity contribution is 7.71. The molecule has 24 heavy (non-hydrogen) atoms. The average Bonchev–Trinajstić information content (AvgIpc) is 2.82. The first kappa shape index (κ1) is 17.3. The van der Waals surface area contributed by atoms with E-state index in [4.69, 9.17) is 22.1 Å². The first-order chi connectivity index (χ1) is 11.5. The lowest BCUT2D eigenvalue weighted by atomic mass is 10.1. The lowest BCUT2D eigenvalue weighted by Gasteiger charge is -2.34. The number of ether oxygens (including phenoxy) is 1. The van der Waals surface area contributed by atoms with E-state index in [1.54, 1.807) is 0 Å². The molecule has 6 heteroatoms. The van der Waals surface area contributed by atoms with Crippen LogP contribution in [0, 0.1) is 11.7 Å². The molecule has 130 valence electrons. The minimum Gasteiger partial charge on any atom is -0.373 e. The molecule has 1 fully saturated rings. The third-order valence-electron chi connectivity index (χ3n) is 4.45. The molecule has 0 radical (unpaired) electrons. The van der Waals surface area contributed by atoms with Gasteiger partial charge in [-0.1, -0.05) is 24.3 Å². The van der Waals surface area contributed by atoms with E-state index < -0.39 is 0 Å². The summed E-state index contributed by atoms with van der Waals surface area (Å²) in [5.41, 5.74) is 2.36. The molecule has 1 aromatic heterocycles. The summed E-state index contributed by atoms with van der Waals surface area (Å²) in [6, 6.07) is 8.33. The maximum absolute atomic E-state index is 5.82. The van der Waals surface area contributed by atoms with Crippen molar-refractivity contribution in [1.82, 2.24) is 19.2 Å². The number of hydrogen-bond donors (Lipinski definition) is 0. The van der Waals surface area contributed by atoms with Crippen LogP contribution < -0.4 is 0 Å². The van der Waals surface area contributed by atoms with Gasteiger partial charge in [0.25, 0.3) is 0 Å². The van der Waals surface area contributed by atoms with Gasteiger partial charge in [0.1, 0.15) is 0 Å². The molecule has 1 saturated heterocycles. The predicted octanol–water partition coefficient (Wildman–Crippen LogP) is 3.48. The van der Waals surface area contributed by atoms with Gasteiger partial charge in [-0.25, -0.2) is 4.68 Å². The number of hydrogen-bond acceptors (Lipinski definition) is 4. The fourth-order valence-electron chi connectivity index (χ4n) is 3.43. The summed E-state index contributed by atoms with van der Waals surface area (Å²) in [5, 5.41) is 4.85. The summed E-state index contributed by atoms with van der Waals surface area (Å²) in [6.07, 6.45) is 0.485. The van der Waals surface area contributed by atoms with Crippen LogP contribution in [0.3, 0.4) is 0 Å². The van der Waals surface area contributed by atoms with Crippen molar-refractivity contribution in [3.05, 3.63) is 34.6 Å². The highest BCUT2D eigenvalue weighted by Gasteiger charge is 2.23. The molecule has 2 atom stereocenters. The van der Waals surface area contributed by atoms with Gasteiger partial charge in [0.05, 0.1) is 18.9 Å². The number of aryl methyl sites for hydroxylation is 1. The molecular weight excluding hydrogens is 320 g/mol. The third kappa shape index (κ3) is 3.45. The lowest BCUT2D eigenvalue weighted by molar-refractivity contribution is -0.0777. The number of rotatable bonds is 4. The molecule has 0 unspecified atom stereocenters. The van der Waals surface area contributed by atoms with Crippen molar-refractivity contribution in [1.29, 1.82) is 0 Å². The molecule has 2 heterocycles. The zero-order valence-corrected chi connectivity index (χ0v) is 15.7. The summed E-state index contributed by atoms with van der Waals surface area (Å²) in [5.74, 6) is 0.954. The zero-order chi connectivity index (χ0) is 17.3. The summed E-state index contributed by atoms with van der Waals surface area (Å²) in [6.45, 7) is 11.8. The van der Waals surface area contributed by atoms with Gasteiger partial charge in [0, 0.05) is 25.2 Å². The Morgan fingerprint density at radius 1 is 1.21 bits per heavy atom. The van der Waals surface area contributed by atoms with E-state index in [0.29, 0.717) is 6.67 Å². The Labute approximate surface area is 148 Å². The molecular formula is C18H26N4OS. The summed E-state index contributed by atoms with van der Waals surface area (Å²) >= 11 is 5.69. The Bertz CT molecular complexity index is 757. The second kappa shape index (κ2) is 7.17. The van der Waals surface area contributed by atoms with Crippen LogP contribution in [0.15, 0.2) is 24.3 Å². The molecule has 0 bridgehead atoms. The second-order valence-electron chi connectivity index (χ2n) is 6.60. The van der Waals surface area contributed by atoms with Crippen molar-refractivity contribution in [3.8, 4) is 11.4 Å². The molecule has 5 nitrogen and oxygen atoms in total. The molecule has 0 saturated carbocycles. The quantitative estimate of drug-likeness (QED) is 0.794. The number of benzene rings is 1. The van der Waals surface area contributed by atoms with Gasteiger partial charge >= 0.3 is 0 Å². The van der Waals surface area contributed by atoms with Crippen LogP contribution in [0.2, 0.25) is 0 Å². The molecule has 1 aliphatic heterocycles. The van der Waals surface area contributed by atoms with Crippen molar-refractivity contribution in [2.75, 3.05) is 13.1 Å². The maximum Gasteiger partial charge on any atom is 0.199 e. The first-order valence-electron chi connectivity index (χ1n) is 8.61. The van der Waals surface area contributed by atoms with Gasteiger partial charge in [0.2, 0.25) is 0 Å². The van der Waals surface area contributed by atoms with Crippen molar-refractivity contribution < 1.29 is 4.74 Å². The fraction of sp³-hybridized carbons (Fsp3) is 0.556. The van der Waals surface area contributed by atoms with E-state index in [1.165, 1.54) is 5.56 Å². The summed E-state index contributed by atoms with van der Waals surface area (Å²) in [7, 11) is 0. The van der Waals surface area contributed by atoms with Gasteiger partial charge in [-0.2, -0.15) is 5.10 Å². The molecule has 0 spiro atoms. The van der Waals surface area contributed by atoms with Crippen molar-refractivity contribution in [3.63, 3.8) is 0 Å². The van der Waals surface area contributed by atoms with E-state index in [2.05, 4.69) is 61.4 Å². The Morgan fingerprint density at radius 2 is 1.88 bits per heavy atom. The fourth-order valence-corrected chi connectivity index (χ4v) is 3.74. The van der Waals surface area contributed by atoms with E-state index in [9.17, 15) is 0 Å². The molecule has 1 aliphatic rings. The van der Waals surface area contributed by atoms with E-state index >= 15 is 0 Å². The van der Waals surface area contributed by atoms with Crippen LogP contribution in [-0.4, -0.2) is 44.5 Å². The zero-order valence-electron chi connectivity index (χ0n) is 14.9. The van der Waals surface area contributed by atoms with Crippen LogP contribution in [0.25, 0.3) is 11.4 Å². The highest BCUT2D eigenvalue weighted by atomic mass is 32.1. The van der Waals surface area contributed by atoms with Crippen LogP contribution in [0.1, 0.15) is 26.3 Å². The average molecular weight is 347 g/mol. The Morgan fingerprint density at radius 3 is 2.50 bits per heavy atom. The minimum atomic E-state index is 0.243. The normalized spacial score (nSPS) is 22.0. The SMILES string of the molecule is CCn1c(-c2ccccc2C)nn(CN2C[C@@H](C)O[C@H](C)C2)c1=S. The minimum absolute atomic E-state index is 0.243. The highest BCUT2D eigenvalue weighted by Crippen LogP contribution is 2.22. The van der Waals surface area contributed by atoms with Gasteiger partial charge in [-0.05, 0) is 45.5 Å². The van der Waals surface area contributed by atoms with Crippen LogP contribution in [0.5, 0.6) is 0 Å². The van der Waals surface area contributed by atoms with Crippen LogP contribution in [-0.2, 0) is 18.0 Å². The van der Waals surface area contributed by atoms with Gasteiger partial charge < -0.3 is 9.30 Å². The Kier molecular flexibility index (Phi) is 5.18. The topological polar surface area (TPSA) is 35.2 Å². The standard InChI is InChI=1S/C18H26N4OS/c1-5-21-17(16-9-7-6-8-13(16)2)19-22(18(21)24)12-20-10-14(3)23-15(4)11-20/h6-9,14-15H,5,10-12H2,1-4H3/t14-,15-/m1/s1. The Hall–Kier alpha value is -1.50. The van der Waals surface area contributed by atoms with E-state index in [-0.39, 0.29) is 12.2 Å². The van der Waals surface area contributed by atoms with Crippen molar-refractivity contribution in [2.24, 2.45) is 0 Å². The lowest BCUT2D eigenvalue weighted by Crippen LogP contribution is -2.46. The molecule has 0 aliphatic carbocycles. The number of aromatic nitrogens is 3. The van der Waals surface area contributed by atoms with Gasteiger partial charge in [0.15, 0.2) is 10.6 Å². The first-order valence-corrected chi connectivity index (χ1v) is 9.01. The third-order valence-corrected chi connectivity index (χ3v) is 4.89. The van der Waals surface area contributed by atoms with E-state index in [0.717, 1.165) is 35.8 Å². The molecule has 0 amide bonds. The smallest absolute Gasteiger partial charge is 0.199 e. The molecule has 0 N–H and O–H groups in total. The van der Waals surface area contributed by atoms with Gasteiger partial charge in [-0.15, -0.1) is 0 Å². The van der Waals surface area contributed by atoms with E-state index in [1.807, 2.05) is 4.68 Å². The monoisotopic (exact) mass is 346 g/mol. The van der Waals surface area contributed by atoms with Crippen molar-refractivity contribution >= 4 is 12.2 Å². The number of morpholine rings is 1. The maximum atomic E-state index is 5.82. The Balaban J connectivity index is 1.93. The largest absolute Gasteiger partial charge is 0.373 e. The summed E-state index contributed by atoms with van der Waals surface area (Å²) < 4.78 is 10.7. The van der Waals surface area contributed by atoms with Crippen LogP contribution in [0.4, 0.5) is 0 Å². The molecule has 3 rings (SSSR count). The second-order valence-corrected chi connectivity index (χ2v) is 6.96. The molecule has 2 aromatic rings. The summed E-state index contributed by atoms with van der Waals surface area (Å²) in [4.78, 5) is 2.36. The van der Waals surface area contributed by atoms with Crippen LogP contribution >= 0.6 is 12.2 Å². The van der Waals surface area contributed by atoms with Gasteiger partial charge in [-0.3, -0.25) is 4.90 Å². The molecule has 1 aromatic carbocycles.